The number of carbonyl (C=O) groups is 1. The molecule has 2 radical (unpaired) electrons. The summed E-state index contributed by atoms with van der Waals surface area (Å²) in [6, 6.07) is 9.48. The molecule has 1 aromatic heterocycles. The Morgan fingerprint density at radius 1 is 1.23 bits per heavy atom. The van der Waals surface area contributed by atoms with Crippen LogP contribution >= 0.6 is 0 Å². The van der Waals surface area contributed by atoms with Crippen LogP contribution in [0.1, 0.15) is 34.5 Å². The van der Waals surface area contributed by atoms with Crippen molar-refractivity contribution < 1.29 is 13.9 Å². The molecule has 0 spiro atoms. The number of amides is 1. The second-order valence-corrected chi connectivity index (χ2v) is 7.52. The van der Waals surface area contributed by atoms with Gasteiger partial charge in [-0.1, -0.05) is 23.7 Å². The number of halogens is 1. The summed E-state index contributed by atoms with van der Waals surface area (Å²) in [4.78, 5) is 26.6. The van der Waals surface area contributed by atoms with Crippen LogP contribution in [0.5, 0.6) is 0 Å². The Morgan fingerprint density at radius 2 is 2.00 bits per heavy atom. The van der Waals surface area contributed by atoms with Crippen molar-refractivity contribution in [2.75, 3.05) is 20.2 Å². The van der Waals surface area contributed by atoms with Gasteiger partial charge in [0.25, 0.3) is 11.5 Å². The summed E-state index contributed by atoms with van der Waals surface area (Å²) in [5.41, 5.74) is 1.57. The molecule has 0 atom stereocenters. The van der Waals surface area contributed by atoms with Crippen molar-refractivity contribution in [1.29, 1.82) is 0 Å². The van der Waals surface area contributed by atoms with Crippen molar-refractivity contribution in [3.05, 3.63) is 69.4 Å². The van der Waals surface area contributed by atoms with Crippen molar-refractivity contribution in [2.24, 2.45) is 0 Å². The fraction of sp³-hybridized carbons (Fsp3) is 0.318. The van der Waals surface area contributed by atoms with Gasteiger partial charge in [-0.2, -0.15) is 5.10 Å². The average molecular weight is 405 g/mol. The van der Waals surface area contributed by atoms with Crippen molar-refractivity contribution in [2.45, 2.75) is 25.4 Å². The first-order chi connectivity index (χ1) is 14.5. The number of nitrogens with zero attached hydrogens (tertiary/aromatic N) is 2. The van der Waals surface area contributed by atoms with Crippen LogP contribution in [-0.4, -0.2) is 55.2 Å². The van der Waals surface area contributed by atoms with E-state index >= 15 is 0 Å². The molecule has 1 saturated heterocycles. The molecule has 30 heavy (non-hydrogen) atoms. The number of nitrogens with one attached hydrogen (secondary N) is 1. The van der Waals surface area contributed by atoms with Crippen LogP contribution in [0.15, 0.2) is 41.2 Å². The summed E-state index contributed by atoms with van der Waals surface area (Å²) in [6.07, 6.45) is 1.93. The van der Waals surface area contributed by atoms with Gasteiger partial charge >= 0.3 is 0 Å². The monoisotopic (exact) mass is 405 g/mol. The van der Waals surface area contributed by atoms with Gasteiger partial charge in [-0.25, -0.2) is 9.49 Å². The lowest BCUT2D eigenvalue weighted by Crippen LogP contribution is -2.41. The summed E-state index contributed by atoms with van der Waals surface area (Å²) in [5.74, 6) is -0.881. The Hall–Kier alpha value is -3.00. The van der Waals surface area contributed by atoms with Crippen LogP contribution in [0.25, 0.3) is 10.8 Å². The largest absolute Gasteiger partial charge is 0.381 e. The van der Waals surface area contributed by atoms with Gasteiger partial charge in [0.2, 0.25) is 0 Å². The maximum Gasteiger partial charge on any atom is 0.272 e. The summed E-state index contributed by atoms with van der Waals surface area (Å²) < 4.78 is 19.8. The number of hydrogen-bond acceptors (Lipinski definition) is 4. The Kier molecular flexibility index (Phi) is 5.68. The molecular weight excluding hydrogens is 384 g/mol. The van der Waals surface area contributed by atoms with E-state index in [0.717, 1.165) is 18.4 Å². The standard InChI is InChI=1S/C22H21BFN3O3/c1-30-15-6-8-27(9-7-15)22(29)18-10-13(2-5-19(18)24)11-20-17-12-14(23)3-4-16(17)21(28)26-25-20/h2-5,10,12,15H,6-9,11H2,1H3,(H,26,28). The lowest BCUT2D eigenvalue weighted by atomic mass is 9.92. The third-order valence-electron chi connectivity index (χ3n) is 5.59. The van der Waals surface area contributed by atoms with Gasteiger partial charge in [-0.05, 0) is 36.6 Å². The Labute approximate surface area is 174 Å². The third kappa shape index (κ3) is 4.00. The number of piperidine rings is 1. The quantitative estimate of drug-likeness (QED) is 0.671. The summed E-state index contributed by atoms with van der Waals surface area (Å²) >= 11 is 0. The molecule has 0 unspecified atom stereocenters. The molecule has 6 nitrogen and oxygen atoms in total. The maximum absolute atomic E-state index is 14.5. The zero-order chi connectivity index (χ0) is 21.3. The highest BCUT2D eigenvalue weighted by Gasteiger charge is 2.25. The van der Waals surface area contributed by atoms with Crippen LogP contribution in [-0.2, 0) is 11.2 Å². The SMILES string of the molecule is [B]c1ccc2c(=O)[nH]nc(Cc3ccc(F)c(C(=O)N4CCC(OC)CC4)c3)c2c1. The van der Waals surface area contributed by atoms with Crippen LogP contribution < -0.4 is 11.0 Å². The fourth-order valence-corrected chi connectivity index (χ4v) is 3.88. The first kappa shape index (κ1) is 20.3. The van der Waals surface area contributed by atoms with Crippen molar-refractivity contribution in [3.8, 4) is 0 Å². The summed E-state index contributed by atoms with van der Waals surface area (Å²) in [7, 11) is 7.53. The van der Waals surface area contributed by atoms with E-state index in [9.17, 15) is 14.0 Å². The zero-order valence-corrected chi connectivity index (χ0v) is 16.7. The first-order valence-corrected chi connectivity index (χ1v) is 9.83. The highest BCUT2D eigenvalue weighted by atomic mass is 19.1. The zero-order valence-electron chi connectivity index (χ0n) is 16.7. The van der Waals surface area contributed by atoms with E-state index in [2.05, 4.69) is 10.2 Å². The molecule has 0 aliphatic carbocycles. The number of carbonyl (C=O) groups excluding carboxylic acids is 1. The number of hydrogen-bond donors (Lipinski definition) is 1. The first-order valence-electron chi connectivity index (χ1n) is 9.83. The molecule has 8 heteroatoms. The predicted molar refractivity (Wildman–Crippen MR) is 113 cm³/mol. The molecule has 3 aromatic rings. The van der Waals surface area contributed by atoms with Gasteiger partial charge in [0, 0.05) is 32.0 Å². The number of likely N-dealkylation sites (tertiary alicyclic amines) is 1. The molecular formula is C22H21BFN3O3. The molecule has 1 aliphatic rings. The van der Waals surface area contributed by atoms with Crippen LogP contribution in [0, 0.1) is 5.82 Å². The fourth-order valence-electron chi connectivity index (χ4n) is 3.88. The van der Waals surface area contributed by atoms with Gasteiger partial charge in [0.05, 0.1) is 22.7 Å². The number of ether oxygens (including phenoxy) is 1. The van der Waals surface area contributed by atoms with Crippen molar-refractivity contribution >= 4 is 30.0 Å². The second kappa shape index (κ2) is 8.40. The lowest BCUT2D eigenvalue weighted by molar-refractivity contribution is 0.0348. The normalized spacial score (nSPS) is 14.9. The van der Waals surface area contributed by atoms with E-state index in [0.29, 0.717) is 41.4 Å². The highest BCUT2D eigenvalue weighted by Crippen LogP contribution is 2.21. The number of benzene rings is 2. The number of aromatic nitrogens is 2. The third-order valence-corrected chi connectivity index (χ3v) is 5.59. The van der Waals surface area contributed by atoms with Crippen molar-refractivity contribution in [3.63, 3.8) is 0 Å². The van der Waals surface area contributed by atoms with E-state index in [1.54, 1.807) is 42.3 Å². The van der Waals surface area contributed by atoms with E-state index in [-0.39, 0.29) is 23.1 Å². The van der Waals surface area contributed by atoms with Crippen LogP contribution in [0.4, 0.5) is 4.39 Å². The minimum absolute atomic E-state index is 0.0385. The number of H-pyrrole nitrogens is 1. The molecule has 0 saturated carbocycles. The van der Waals surface area contributed by atoms with Crippen LogP contribution in [0.2, 0.25) is 0 Å². The van der Waals surface area contributed by atoms with Gasteiger partial charge in [-0.3, -0.25) is 9.59 Å². The number of methoxy groups -OCH3 is 1. The topological polar surface area (TPSA) is 75.3 Å². The molecule has 152 valence electrons. The molecule has 1 aliphatic heterocycles. The molecule has 4 rings (SSSR count). The van der Waals surface area contributed by atoms with Crippen molar-refractivity contribution in [1.82, 2.24) is 15.1 Å². The van der Waals surface area contributed by atoms with Gasteiger partial charge < -0.3 is 9.64 Å². The second-order valence-electron chi connectivity index (χ2n) is 7.52. The molecule has 0 bridgehead atoms. The van der Waals surface area contributed by atoms with Gasteiger partial charge in [0.1, 0.15) is 13.7 Å². The van der Waals surface area contributed by atoms with E-state index in [4.69, 9.17) is 12.6 Å². The predicted octanol–water partition coefficient (Wildman–Crippen LogP) is 1.70. The summed E-state index contributed by atoms with van der Waals surface area (Å²) in [5, 5.41) is 7.75. The molecule has 1 fully saturated rings. The number of aromatic amines is 1. The maximum atomic E-state index is 14.5. The lowest BCUT2D eigenvalue weighted by Gasteiger charge is -2.31. The molecule has 2 aromatic carbocycles. The number of rotatable bonds is 4. The Morgan fingerprint density at radius 3 is 2.73 bits per heavy atom. The minimum atomic E-state index is -0.554. The van der Waals surface area contributed by atoms with E-state index < -0.39 is 5.82 Å². The van der Waals surface area contributed by atoms with E-state index in [1.165, 1.54) is 6.07 Å². The van der Waals surface area contributed by atoms with Gasteiger partial charge in [0.15, 0.2) is 0 Å². The Balaban J connectivity index is 1.62. The Bertz CT molecular complexity index is 1160. The summed E-state index contributed by atoms with van der Waals surface area (Å²) in [6.45, 7) is 1.07. The van der Waals surface area contributed by atoms with Crippen LogP contribution in [0.3, 0.4) is 0 Å². The average Bonchev–Trinajstić information content (AvgIpc) is 2.76. The number of fused-ring (bicyclic) bond motifs is 1. The minimum Gasteiger partial charge on any atom is -0.381 e. The molecule has 2 heterocycles. The smallest absolute Gasteiger partial charge is 0.272 e. The van der Waals surface area contributed by atoms with Gasteiger partial charge in [-0.15, -0.1) is 0 Å². The van der Waals surface area contributed by atoms with E-state index in [1.807, 2.05) is 0 Å². The molecule has 1 amide bonds. The molecule has 1 N–H and O–H groups in total. The highest BCUT2D eigenvalue weighted by molar-refractivity contribution is 6.33.